The highest BCUT2D eigenvalue weighted by molar-refractivity contribution is 6.05. The minimum atomic E-state index is -1.41. The molecule has 0 spiro atoms. The average Bonchev–Trinajstić information content (AvgIpc) is 2.76. The predicted molar refractivity (Wildman–Crippen MR) is 125 cm³/mol. The zero-order chi connectivity index (χ0) is 23.3. The van der Waals surface area contributed by atoms with Crippen molar-refractivity contribution in [1.82, 2.24) is 5.32 Å². The number of benzene rings is 3. The second kappa shape index (κ2) is 9.73. The zero-order valence-corrected chi connectivity index (χ0v) is 18.8. The lowest BCUT2D eigenvalue weighted by Gasteiger charge is -2.22. The van der Waals surface area contributed by atoms with Gasteiger partial charge in [-0.25, -0.2) is 4.79 Å². The van der Waals surface area contributed by atoms with Gasteiger partial charge in [-0.15, -0.1) is 0 Å². The van der Waals surface area contributed by atoms with Gasteiger partial charge >= 0.3 is 5.97 Å². The molecule has 0 aliphatic rings. The first-order chi connectivity index (χ1) is 15.2. The van der Waals surface area contributed by atoms with E-state index >= 15 is 0 Å². The van der Waals surface area contributed by atoms with E-state index in [0.29, 0.717) is 18.3 Å². The molecule has 6 heteroatoms. The molecule has 2 N–H and O–H groups in total. The second-order valence-electron chi connectivity index (χ2n) is 8.44. The maximum Gasteiger partial charge on any atom is 0.328 e. The summed E-state index contributed by atoms with van der Waals surface area (Å²) >= 11 is 0. The number of carbonyl (C=O) groups excluding carboxylic acids is 1. The van der Waals surface area contributed by atoms with Gasteiger partial charge in [-0.1, -0.05) is 62.4 Å². The molecule has 0 bridgehead atoms. The number of carbonyl (C=O) groups is 2. The molecule has 0 heterocycles. The van der Waals surface area contributed by atoms with Crippen LogP contribution in [0.5, 0.6) is 11.5 Å². The molecule has 3 aromatic rings. The van der Waals surface area contributed by atoms with Crippen LogP contribution in [0.3, 0.4) is 0 Å². The van der Waals surface area contributed by atoms with E-state index in [1.165, 1.54) is 13.8 Å². The fourth-order valence-corrected chi connectivity index (χ4v) is 3.37. The number of ether oxygens (including phenoxy) is 2. The molecule has 3 aromatic carbocycles. The summed E-state index contributed by atoms with van der Waals surface area (Å²) < 4.78 is 12.0. The second-order valence-corrected chi connectivity index (χ2v) is 8.44. The van der Waals surface area contributed by atoms with Crippen molar-refractivity contribution in [3.8, 4) is 11.5 Å². The number of para-hydroxylation sites is 1. The summed E-state index contributed by atoms with van der Waals surface area (Å²) in [5, 5.41) is 13.6. The number of aliphatic carboxylic acids is 1. The lowest BCUT2D eigenvalue weighted by Crippen LogP contribution is -2.49. The minimum Gasteiger partial charge on any atom is -0.490 e. The molecule has 1 amide bonds. The fraction of sp³-hybridized carbons (Fsp3) is 0.308. The highest BCUT2D eigenvalue weighted by atomic mass is 16.5. The summed E-state index contributed by atoms with van der Waals surface area (Å²) in [6.07, 6.45) is 0. The highest BCUT2D eigenvalue weighted by Gasteiger charge is 2.30. The first-order valence-electron chi connectivity index (χ1n) is 10.6. The summed E-state index contributed by atoms with van der Waals surface area (Å²) in [4.78, 5) is 24.4. The van der Waals surface area contributed by atoms with Crippen LogP contribution in [0.15, 0.2) is 60.7 Å². The third-order valence-electron chi connectivity index (χ3n) is 5.21. The van der Waals surface area contributed by atoms with Crippen LogP contribution >= 0.6 is 0 Å². The summed E-state index contributed by atoms with van der Waals surface area (Å²) in [7, 11) is 0. The number of carboxylic acids is 1. The third-order valence-corrected chi connectivity index (χ3v) is 5.21. The first kappa shape index (κ1) is 23.1. The number of nitrogens with one attached hydrogen (secondary N) is 1. The SMILES string of the molecule is CC(C)c1ccccc1OCCOc1c(C(=O)NC(C)(C)C(=O)O)ccc2ccccc12. The topological polar surface area (TPSA) is 84.9 Å². The van der Waals surface area contributed by atoms with E-state index in [1.54, 1.807) is 6.07 Å². The van der Waals surface area contributed by atoms with Gasteiger partial charge in [-0.3, -0.25) is 4.79 Å². The van der Waals surface area contributed by atoms with Crippen molar-refractivity contribution in [3.63, 3.8) is 0 Å². The number of carboxylic acid groups (broad SMARTS) is 1. The van der Waals surface area contributed by atoms with Crippen LogP contribution in [0.1, 0.15) is 49.5 Å². The van der Waals surface area contributed by atoms with Crippen LogP contribution in [0.2, 0.25) is 0 Å². The molecule has 0 saturated heterocycles. The van der Waals surface area contributed by atoms with Crippen molar-refractivity contribution < 1.29 is 24.2 Å². The molecule has 0 unspecified atom stereocenters. The number of rotatable bonds is 9. The molecule has 3 rings (SSSR count). The van der Waals surface area contributed by atoms with Gasteiger partial charge in [0.1, 0.15) is 30.3 Å². The molecule has 32 heavy (non-hydrogen) atoms. The fourth-order valence-electron chi connectivity index (χ4n) is 3.37. The Hall–Kier alpha value is -3.54. The van der Waals surface area contributed by atoms with E-state index in [9.17, 15) is 14.7 Å². The molecule has 0 aromatic heterocycles. The molecule has 0 saturated carbocycles. The summed E-state index contributed by atoms with van der Waals surface area (Å²) in [6, 6.07) is 18.9. The van der Waals surface area contributed by atoms with Gasteiger partial charge in [-0.05, 0) is 42.8 Å². The number of hydrogen-bond acceptors (Lipinski definition) is 4. The van der Waals surface area contributed by atoms with Gasteiger partial charge in [0.2, 0.25) is 0 Å². The van der Waals surface area contributed by atoms with E-state index < -0.39 is 17.4 Å². The molecule has 0 atom stereocenters. The molecule has 0 aliphatic carbocycles. The van der Waals surface area contributed by atoms with E-state index in [0.717, 1.165) is 22.1 Å². The van der Waals surface area contributed by atoms with Crippen LogP contribution in [0.4, 0.5) is 0 Å². The largest absolute Gasteiger partial charge is 0.490 e. The standard InChI is InChI=1S/C26H29NO5/c1-17(2)19-10-7-8-12-22(19)31-15-16-32-23-20-11-6-5-9-18(20)13-14-21(23)24(28)27-26(3,4)25(29)30/h5-14,17H,15-16H2,1-4H3,(H,27,28)(H,29,30). The van der Waals surface area contributed by atoms with Crippen molar-refractivity contribution in [1.29, 1.82) is 0 Å². The van der Waals surface area contributed by atoms with E-state index in [1.807, 2.05) is 54.6 Å². The van der Waals surface area contributed by atoms with Crippen LogP contribution in [-0.4, -0.2) is 35.7 Å². The Morgan fingerprint density at radius 3 is 2.31 bits per heavy atom. The number of fused-ring (bicyclic) bond motifs is 1. The Morgan fingerprint density at radius 2 is 1.59 bits per heavy atom. The molecule has 0 aliphatic heterocycles. The molecule has 0 fully saturated rings. The maximum absolute atomic E-state index is 12.9. The van der Waals surface area contributed by atoms with E-state index in [2.05, 4.69) is 19.2 Å². The first-order valence-corrected chi connectivity index (χ1v) is 10.6. The lowest BCUT2D eigenvalue weighted by molar-refractivity contribution is -0.143. The Labute approximate surface area is 188 Å². The normalized spacial score (nSPS) is 11.4. The summed E-state index contributed by atoms with van der Waals surface area (Å²) in [5.41, 5.74) is -0.0156. The van der Waals surface area contributed by atoms with Crippen LogP contribution < -0.4 is 14.8 Å². The van der Waals surface area contributed by atoms with Gasteiger partial charge in [0.15, 0.2) is 0 Å². The Morgan fingerprint density at radius 1 is 0.938 bits per heavy atom. The monoisotopic (exact) mass is 435 g/mol. The van der Waals surface area contributed by atoms with Crippen molar-refractivity contribution in [3.05, 3.63) is 71.8 Å². The van der Waals surface area contributed by atoms with E-state index in [4.69, 9.17) is 9.47 Å². The number of amides is 1. The Balaban J connectivity index is 1.81. The van der Waals surface area contributed by atoms with E-state index in [-0.39, 0.29) is 12.2 Å². The van der Waals surface area contributed by atoms with Gasteiger partial charge in [0.25, 0.3) is 5.91 Å². The predicted octanol–water partition coefficient (Wildman–Crippen LogP) is 5.01. The summed E-state index contributed by atoms with van der Waals surface area (Å²) in [6.45, 7) is 7.62. The summed E-state index contributed by atoms with van der Waals surface area (Å²) in [5.74, 6) is -0.0821. The highest BCUT2D eigenvalue weighted by Crippen LogP contribution is 2.31. The van der Waals surface area contributed by atoms with Crippen LogP contribution in [0, 0.1) is 0 Å². The lowest BCUT2D eigenvalue weighted by atomic mass is 10.0. The van der Waals surface area contributed by atoms with Crippen LogP contribution in [-0.2, 0) is 4.79 Å². The third kappa shape index (κ3) is 5.19. The van der Waals surface area contributed by atoms with Gasteiger partial charge in [0, 0.05) is 5.39 Å². The van der Waals surface area contributed by atoms with Gasteiger partial charge in [-0.2, -0.15) is 0 Å². The molecular formula is C26H29NO5. The van der Waals surface area contributed by atoms with Gasteiger partial charge in [0.05, 0.1) is 5.56 Å². The molecule has 6 nitrogen and oxygen atoms in total. The average molecular weight is 436 g/mol. The molecule has 0 radical (unpaired) electrons. The van der Waals surface area contributed by atoms with Crippen molar-refractivity contribution in [2.45, 2.75) is 39.2 Å². The maximum atomic E-state index is 12.9. The Kier molecular flexibility index (Phi) is 7.03. The smallest absolute Gasteiger partial charge is 0.328 e. The van der Waals surface area contributed by atoms with Crippen LogP contribution in [0.25, 0.3) is 10.8 Å². The quantitative estimate of drug-likeness (QED) is 0.461. The molecular weight excluding hydrogens is 406 g/mol. The van der Waals surface area contributed by atoms with Crippen molar-refractivity contribution >= 4 is 22.6 Å². The van der Waals surface area contributed by atoms with Crippen molar-refractivity contribution in [2.24, 2.45) is 0 Å². The molecule has 168 valence electrons. The Bertz CT molecular complexity index is 1120. The number of hydrogen-bond donors (Lipinski definition) is 2. The minimum absolute atomic E-state index is 0.225. The van der Waals surface area contributed by atoms with Gasteiger partial charge < -0.3 is 19.9 Å². The zero-order valence-electron chi connectivity index (χ0n) is 18.8. The van der Waals surface area contributed by atoms with Crippen molar-refractivity contribution in [2.75, 3.05) is 13.2 Å².